The van der Waals surface area contributed by atoms with Crippen molar-refractivity contribution < 1.29 is 19.1 Å². The molecular weight excluding hydrogens is 641 g/mol. The topological polar surface area (TPSA) is 52.6 Å². The van der Waals surface area contributed by atoms with Crippen LogP contribution < -0.4 is 0 Å². The third-order valence-electron chi connectivity index (χ3n) is 14.5. The molecule has 0 spiro atoms. The zero-order valence-electron chi connectivity index (χ0n) is 31.3. The highest BCUT2D eigenvalue weighted by atomic mass is 16.5. The number of fused-ring (bicyclic) bond motifs is 2. The molecule has 0 N–H and O–H groups in total. The van der Waals surface area contributed by atoms with Gasteiger partial charge in [0, 0.05) is 0 Å². The van der Waals surface area contributed by atoms with Gasteiger partial charge >= 0.3 is 11.9 Å². The van der Waals surface area contributed by atoms with Crippen LogP contribution in [0.5, 0.6) is 0 Å². The molecule has 0 saturated heterocycles. The van der Waals surface area contributed by atoms with E-state index < -0.39 is 0 Å². The van der Waals surface area contributed by atoms with Crippen molar-refractivity contribution >= 4 is 55.0 Å². The van der Waals surface area contributed by atoms with Gasteiger partial charge in [0.1, 0.15) is 12.2 Å². The lowest BCUT2D eigenvalue weighted by Crippen LogP contribution is -2.29. The molecule has 0 radical (unpaired) electrons. The van der Waals surface area contributed by atoms with E-state index in [0.717, 1.165) is 104 Å². The van der Waals surface area contributed by atoms with E-state index in [-0.39, 0.29) is 24.1 Å². The predicted molar refractivity (Wildman–Crippen MR) is 212 cm³/mol. The van der Waals surface area contributed by atoms with Crippen LogP contribution in [0.15, 0.2) is 60.7 Å². The Bertz CT molecular complexity index is 1890. The van der Waals surface area contributed by atoms with Crippen molar-refractivity contribution in [3.8, 4) is 0 Å². The summed E-state index contributed by atoms with van der Waals surface area (Å²) in [6.07, 6.45) is 19.6. The Balaban J connectivity index is 0.940. The first-order chi connectivity index (χ1) is 25.4. The third kappa shape index (κ3) is 6.36. The first-order valence-electron chi connectivity index (χ1n) is 21.0. The van der Waals surface area contributed by atoms with E-state index in [2.05, 4.69) is 62.4 Å². The molecule has 4 heteroatoms. The number of hydrogen-bond donors (Lipinski definition) is 0. The third-order valence-corrected chi connectivity index (χ3v) is 14.5. The summed E-state index contributed by atoms with van der Waals surface area (Å²) in [5.74, 6) is 4.67. The summed E-state index contributed by atoms with van der Waals surface area (Å²) in [6, 6.07) is 20.7. The van der Waals surface area contributed by atoms with Gasteiger partial charge in [-0.25, -0.2) is 9.59 Å². The van der Waals surface area contributed by atoms with Crippen LogP contribution in [0, 0.1) is 35.5 Å². The summed E-state index contributed by atoms with van der Waals surface area (Å²) in [6.45, 7) is 4.79. The zero-order chi connectivity index (χ0) is 35.3. The molecule has 4 fully saturated rings. The van der Waals surface area contributed by atoms with Gasteiger partial charge in [-0.15, -0.1) is 0 Å². The van der Waals surface area contributed by atoms with Crippen molar-refractivity contribution in [2.24, 2.45) is 35.5 Å². The average molecular weight is 697 g/mol. The molecule has 0 atom stereocenters. The lowest BCUT2D eigenvalue weighted by molar-refractivity contribution is 0.0105. The summed E-state index contributed by atoms with van der Waals surface area (Å²) >= 11 is 0. The van der Waals surface area contributed by atoms with E-state index in [4.69, 9.17) is 9.47 Å². The molecule has 4 aliphatic carbocycles. The van der Waals surface area contributed by atoms with Crippen LogP contribution in [-0.2, 0) is 9.47 Å². The lowest BCUT2D eigenvalue weighted by Gasteiger charge is -2.37. The molecule has 4 saturated carbocycles. The van der Waals surface area contributed by atoms with Crippen molar-refractivity contribution in [2.75, 3.05) is 0 Å². The maximum atomic E-state index is 13.8. The van der Waals surface area contributed by atoms with Gasteiger partial charge in [0.05, 0.1) is 11.1 Å². The summed E-state index contributed by atoms with van der Waals surface area (Å²) in [5, 5.41) is 8.46. The Morgan fingerprint density at radius 3 is 1.08 bits per heavy atom. The summed E-state index contributed by atoms with van der Waals surface area (Å²) in [4.78, 5) is 27.7. The van der Waals surface area contributed by atoms with E-state index >= 15 is 0 Å². The summed E-state index contributed by atoms with van der Waals surface area (Å²) < 4.78 is 12.5. The number of ether oxygens (including phenoxy) is 2. The highest BCUT2D eigenvalue weighted by Gasteiger charge is 2.33. The second-order valence-electron chi connectivity index (χ2n) is 17.7. The smallest absolute Gasteiger partial charge is 0.339 e. The molecule has 4 aliphatic rings. The highest BCUT2D eigenvalue weighted by molar-refractivity contribution is 6.35. The van der Waals surface area contributed by atoms with E-state index in [1.165, 1.54) is 77.0 Å². The molecule has 0 bridgehead atoms. The summed E-state index contributed by atoms with van der Waals surface area (Å²) in [5.41, 5.74) is 1.29. The fourth-order valence-corrected chi connectivity index (χ4v) is 11.4. The van der Waals surface area contributed by atoms with E-state index in [9.17, 15) is 9.59 Å². The molecule has 52 heavy (non-hydrogen) atoms. The predicted octanol–water partition coefficient (Wildman–Crippen LogP) is 12.8. The number of hydrogen-bond acceptors (Lipinski definition) is 4. The van der Waals surface area contributed by atoms with Gasteiger partial charge in [0.15, 0.2) is 0 Å². The van der Waals surface area contributed by atoms with Gasteiger partial charge in [-0.2, -0.15) is 0 Å². The van der Waals surface area contributed by atoms with Gasteiger partial charge < -0.3 is 9.47 Å². The van der Waals surface area contributed by atoms with Crippen LogP contribution >= 0.6 is 0 Å². The van der Waals surface area contributed by atoms with Crippen LogP contribution in [0.4, 0.5) is 0 Å². The molecule has 5 aromatic carbocycles. The fourth-order valence-electron chi connectivity index (χ4n) is 11.4. The number of rotatable bonds is 6. The van der Waals surface area contributed by atoms with Gasteiger partial charge in [-0.1, -0.05) is 88.1 Å². The normalized spacial score (nSPS) is 30.2. The fraction of sp³-hybridized carbons (Fsp3) is 0.542. The summed E-state index contributed by atoms with van der Waals surface area (Å²) in [7, 11) is 0. The first-order valence-corrected chi connectivity index (χ1v) is 21.0. The van der Waals surface area contributed by atoms with E-state index in [0.29, 0.717) is 11.1 Å². The zero-order valence-corrected chi connectivity index (χ0v) is 31.3. The minimum absolute atomic E-state index is 0.000535. The monoisotopic (exact) mass is 696 g/mol. The van der Waals surface area contributed by atoms with Crippen LogP contribution in [0.2, 0.25) is 0 Å². The standard InChI is InChI=1S/C48H56O4/c1-29-9-13-31(14-10-29)33-17-21-35(22-18-33)51-47(49)43-27-25-41-38-6-4-8-40-44(28-26-42(46(38)40)37-5-3-7-39(43)45(37)41)48(50)52-36-23-19-34(20-24-36)32-15-11-30(2)12-16-32/h3-8,25-36H,9-24H2,1-2H3. The van der Waals surface area contributed by atoms with Gasteiger partial charge in [0.25, 0.3) is 0 Å². The SMILES string of the molecule is CC1CCC(C2CCC(OC(=O)c3ccc4c5cccc6c(C(=O)OC7CCC(C8CCC(C)CC8)CC7)ccc(c7cccc3c74)c65)CC2)CC1. The second kappa shape index (κ2) is 14.3. The minimum atomic E-state index is -0.205. The molecule has 272 valence electrons. The molecule has 4 nitrogen and oxygen atoms in total. The molecule has 9 rings (SSSR count). The van der Waals surface area contributed by atoms with Crippen molar-refractivity contribution in [1.29, 1.82) is 0 Å². The van der Waals surface area contributed by atoms with Gasteiger partial charge in [-0.05, 0) is 168 Å². The van der Waals surface area contributed by atoms with Crippen molar-refractivity contribution in [3.05, 3.63) is 71.8 Å². The Labute approximate surface area is 309 Å². The first kappa shape index (κ1) is 34.1. The maximum Gasteiger partial charge on any atom is 0.339 e. The molecular formula is C48H56O4. The van der Waals surface area contributed by atoms with Crippen LogP contribution in [0.1, 0.15) is 137 Å². The highest BCUT2D eigenvalue weighted by Crippen LogP contribution is 2.45. The van der Waals surface area contributed by atoms with Gasteiger partial charge in [-0.3, -0.25) is 0 Å². The number of carbonyl (C=O) groups is 2. The lowest BCUT2D eigenvalue weighted by atomic mass is 9.71. The van der Waals surface area contributed by atoms with Crippen molar-refractivity contribution in [1.82, 2.24) is 0 Å². The van der Waals surface area contributed by atoms with Crippen LogP contribution in [-0.4, -0.2) is 24.1 Å². The average Bonchev–Trinajstić information content (AvgIpc) is 3.18. The van der Waals surface area contributed by atoms with Gasteiger partial charge in [0.2, 0.25) is 0 Å². The molecule has 0 amide bonds. The number of benzene rings is 5. The van der Waals surface area contributed by atoms with Crippen LogP contribution in [0.25, 0.3) is 43.1 Å². The number of esters is 2. The van der Waals surface area contributed by atoms with Crippen molar-refractivity contribution in [2.45, 2.75) is 129 Å². The quantitative estimate of drug-likeness (QED) is 0.101. The van der Waals surface area contributed by atoms with E-state index in [1.54, 1.807) is 0 Å². The molecule has 0 heterocycles. The largest absolute Gasteiger partial charge is 0.459 e. The Hall–Kier alpha value is -3.66. The Kier molecular flexibility index (Phi) is 9.38. The van der Waals surface area contributed by atoms with E-state index in [1.807, 2.05) is 12.1 Å². The number of carbonyl (C=O) groups excluding carboxylic acids is 2. The Morgan fingerprint density at radius 2 is 0.712 bits per heavy atom. The molecule has 0 unspecified atom stereocenters. The van der Waals surface area contributed by atoms with Crippen molar-refractivity contribution in [3.63, 3.8) is 0 Å². The van der Waals surface area contributed by atoms with Crippen LogP contribution in [0.3, 0.4) is 0 Å². The molecule has 0 aliphatic heterocycles. The molecule has 0 aromatic heterocycles. The second-order valence-corrected chi connectivity index (χ2v) is 17.7. The minimum Gasteiger partial charge on any atom is -0.459 e. The Morgan fingerprint density at radius 1 is 0.404 bits per heavy atom. The maximum absolute atomic E-state index is 13.8. The molecule has 5 aromatic rings.